The van der Waals surface area contributed by atoms with Crippen molar-refractivity contribution in [2.45, 2.75) is 70.6 Å². The fraction of sp³-hybridized carbons (Fsp3) is 0.433. The molecule has 0 saturated heterocycles. The molecule has 0 fully saturated rings. The molecule has 0 unspecified atom stereocenters. The summed E-state index contributed by atoms with van der Waals surface area (Å²) < 4.78 is 16.4. The molecule has 2 aromatic rings. The molecule has 2 amide bonds. The molecule has 204 valence electrons. The molecule has 1 aliphatic carbocycles. The third-order valence-corrected chi connectivity index (χ3v) is 6.11. The monoisotopic (exact) mass is 522 g/mol. The van der Waals surface area contributed by atoms with Crippen molar-refractivity contribution in [1.82, 2.24) is 10.6 Å². The van der Waals surface area contributed by atoms with Gasteiger partial charge in [0.1, 0.15) is 23.9 Å². The zero-order valence-corrected chi connectivity index (χ0v) is 22.8. The van der Waals surface area contributed by atoms with Crippen LogP contribution in [0.25, 0.3) is 11.1 Å². The number of amides is 2. The highest BCUT2D eigenvalue weighted by Crippen LogP contribution is 2.44. The summed E-state index contributed by atoms with van der Waals surface area (Å²) in [6.07, 6.45) is 0.877. The van der Waals surface area contributed by atoms with Gasteiger partial charge < -0.3 is 24.8 Å². The van der Waals surface area contributed by atoms with E-state index in [-0.39, 0.29) is 25.5 Å². The third-order valence-electron chi connectivity index (χ3n) is 6.11. The second-order valence-electron chi connectivity index (χ2n) is 10.8. The van der Waals surface area contributed by atoms with E-state index in [2.05, 4.69) is 29.3 Å². The summed E-state index contributed by atoms with van der Waals surface area (Å²) in [4.78, 5) is 37.6. The molecule has 0 heterocycles. The Morgan fingerprint density at radius 1 is 0.921 bits per heavy atom. The number of nitrogens with one attached hydrogen (secondary N) is 2. The van der Waals surface area contributed by atoms with Crippen molar-refractivity contribution in [3.05, 3.63) is 72.3 Å². The van der Waals surface area contributed by atoms with Crippen LogP contribution in [0.1, 0.15) is 64.5 Å². The average molecular weight is 523 g/mol. The van der Waals surface area contributed by atoms with Gasteiger partial charge in [-0.05, 0) is 75.8 Å². The first-order valence-electron chi connectivity index (χ1n) is 12.8. The van der Waals surface area contributed by atoms with Gasteiger partial charge in [0.25, 0.3) is 0 Å². The van der Waals surface area contributed by atoms with Crippen LogP contribution in [-0.2, 0) is 19.0 Å². The maximum absolute atomic E-state index is 12.9. The summed E-state index contributed by atoms with van der Waals surface area (Å²) in [5.74, 6) is -0.711. The second-order valence-corrected chi connectivity index (χ2v) is 10.8. The summed E-state index contributed by atoms with van der Waals surface area (Å²) >= 11 is 0. The molecule has 2 N–H and O–H groups in total. The van der Waals surface area contributed by atoms with E-state index in [9.17, 15) is 14.4 Å². The molecule has 3 rings (SSSR count). The molecule has 1 aliphatic rings. The Balaban J connectivity index is 1.61. The molecule has 0 saturated carbocycles. The van der Waals surface area contributed by atoms with Gasteiger partial charge in [-0.3, -0.25) is 0 Å². The van der Waals surface area contributed by atoms with Crippen molar-refractivity contribution >= 4 is 18.2 Å². The number of rotatable bonds is 10. The molecule has 38 heavy (non-hydrogen) atoms. The fourth-order valence-electron chi connectivity index (χ4n) is 4.21. The summed E-state index contributed by atoms with van der Waals surface area (Å²) in [6.45, 7) is 12.8. The van der Waals surface area contributed by atoms with Crippen molar-refractivity contribution in [2.75, 3.05) is 13.2 Å². The van der Waals surface area contributed by atoms with E-state index in [4.69, 9.17) is 14.2 Å². The highest BCUT2D eigenvalue weighted by molar-refractivity contribution is 5.82. The number of hydrogen-bond acceptors (Lipinski definition) is 6. The Hall–Kier alpha value is -3.81. The van der Waals surface area contributed by atoms with Crippen LogP contribution < -0.4 is 10.6 Å². The lowest BCUT2D eigenvalue weighted by atomic mass is 9.98. The molecule has 8 nitrogen and oxygen atoms in total. The smallest absolute Gasteiger partial charge is 0.407 e. The van der Waals surface area contributed by atoms with Gasteiger partial charge in [0.05, 0.1) is 0 Å². The van der Waals surface area contributed by atoms with E-state index in [0.717, 1.165) is 22.3 Å². The molecule has 1 atom stereocenters. The van der Waals surface area contributed by atoms with E-state index < -0.39 is 35.4 Å². The Kier molecular flexibility index (Phi) is 9.20. The largest absolute Gasteiger partial charge is 0.454 e. The molecule has 0 radical (unpaired) electrons. The first-order valence-corrected chi connectivity index (χ1v) is 12.8. The highest BCUT2D eigenvalue weighted by Gasteiger charge is 2.31. The van der Waals surface area contributed by atoms with Gasteiger partial charge in [0.15, 0.2) is 0 Å². The van der Waals surface area contributed by atoms with E-state index in [0.29, 0.717) is 6.42 Å². The summed E-state index contributed by atoms with van der Waals surface area (Å²) in [7, 11) is 0. The van der Waals surface area contributed by atoms with Crippen LogP contribution in [0, 0.1) is 0 Å². The maximum Gasteiger partial charge on any atom is 0.407 e. The van der Waals surface area contributed by atoms with E-state index in [1.807, 2.05) is 36.4 Å². The van der Waals surface area contributed by atoms with Crippen molar-refractivity contribution < 1.29 is 28.6 Å². The fourth-order valence-corrected chi connectivity index (χ4v) is 4.21. The summed E-state index contributed by atoms with van der Waals surface area (Å²) in [5.41, 5.74) is 2.92. The average Bonchev–Trinajstić information content (AvgIpc) is 3.17. The number of alkyl carbamates (subject to hydrolysis) is 2. The van der Waals surface area contributed by atoms with Crippen LogP contribution >= 0.6 is 0 Å². The predicted molar refractivity (Wildman–Crippen MR) is 146 cm³/mol. The van der Waals surface area contributed by atoms with Gasteiger partial charge in [0, 0.05) is 12.5 Å². The van der Waals surface area contributed by atoms with Gasteiger partial charge in [-0.1, -0.05) is 55.1 Å². The first kappa shape index (κ1) is 28.8. The predicted octanol–water partition coefficient (Wildman–Crippen LogP) is 5.71. The normalized spacial score (nSPS) is 13.5. The van der Waals surface area contributed by atoms with Gasteiger partial charge in [-0.15, -0.1) is 0 Å². The quantitative estimate of drug-likeness (QED) is 0.179. The lowest BCUT2D eigenvalue weighted by Crippen LogP contribution is -2.45. The highest BCUT2D eigenvalue weighted by atomic mass is 16.6. The summed E-state index contributed by atoms with van der Waals surface area (Å²) in [6, 6.07) is 15.2. The van der Waals surface area contributed by atoms with E-state index in [1.165, 1.54) is 6.08 Å². The second kappa shape index (κ2) is 12.2. The lowest BCUT2D eigenvalue weighted by molar-refractivity contribution is -0.155. The van der Waals surface area contributed by atoms with Crippen molar-refractivity contribution in [1.29, 1.82) is 0 Å². The number of ether oxygens (including phenoxy) is 3. The Morgan fingerprint density at radius 2 is 1.50 bits per heavy atom. The zero-order valence-electron chi connectivity index (χ0n) is 22.8. The lowest BCUT2D eigenvalue weighted by Gasteiger charge is -2.25. The standard InChI is InChI=1S/C30H38N2O6/c1-7-30(5,6)37-26(33)25(17-12-18-31-27(34)38-29(2,3)4)32-28(35)36-19-24-22-15-10-8-13-20(22)21-14-9-11-16-23(21)24/h7-11,13-16,24-25H,1,12,17-19H2,2-6H3,(H,31,34)(H,32,35)/t25-/m0/s1. The maximum atomic E-state index is 12.9. The van der Waals surface area contributed by atoms with Crippen LogP contribution in [-0.4, -0.2) is 48.6 Å². The van der Waals surface area contributed by atoms with Gasteiger partial charge in [-0.25, -0.2) is 14.4 Å². The van der Waals surface area contributed by atoms with Crippen LogP contribution in [0.2, 0.25) is 0 Å². The third kappa shape index (κ3) is 7.84. The minimum Gasteiger partial charge on any atom is -0.454 e. The Labute approximate surface area is 224 Å². The number of carbonyl (C=O) groups excluding carboxylic acids is 3. The van der Waals surface area contributed by atoms with Gasteiger partial charge in [0.2, 0.25) is 0 Å². The Morgan fingerprint density at radius 3 is 2.05 bits per heavy atom. The molecule has 8 heteroatoms. The number of hydrogen-bond donors (Lipinski definition) is 2. The zero-order chi connectivity index (χ0) is 27.9. The first-order chi connectivity index (χ1) is 17.9. The molecule has 2 aromatic carbocycles. The molecule has 0 aliphatic heterocycles. The minimum atomic E-state index is -0.967. The van der Waals surface area contributed by atoms with E-state index >= 15 is 0 Å². The minimum absolute atomic E-state index is 0.101. The Bertz CT molecular complexity index is 1120. The number of fused-ring (bicyclic) bond motifs is 3. The van der Waals surface area contributed by atoms with Crippen LogP contribution in [0.4, 0.5) is 9.59 Å². The number of carbonyl (C=O) groups is 3. The van der Waals surface area contributed by atoms with E-state index in [1.54, 1.807) is 34.6 Å². The van der Waals surface area contributed by atoms with Crippen molar-refractivity contribution in [2.24, 2.45) is 0 Å². The van der Waals surface area contributed by atoms with Crippen molar-refractivity contribution in [3.8, 4) is 11.1 Å². The topological polar surface area (TPSA) is 103 Å². The molecule has 0 bridgehead atoms. The molecule has 0 spiro atoms. The van der Waals surface area contributed by atoms with Gasteiger partial charge in [-0.2, -0.15) is 0 Å². The molecular formula is C30H38N2O6. The van der Waals surface area contributed by atoms with Crippen LogP contribution in [0.5, 0.6) is 0 Å². The van der Waals surface area contributed by atoms with Crippen molar-refractivity contribution in [3.63, 3.8) is 0 Å². The van der Waals surface area contributed by atoms with Crippen LogP contribution in [0.3, 0.4) is 0 Å². The SMILES string of the molecule is C=CC(C)(C)OC(=O)[C@H](CCCNC(=O)OC(C)(C)C)NC(=O)OCC1c2ccccc2-c2ccccc21. The van der Waals surface area contributed by atoms with Gasteiger partial charge >= 0.3 is 18.2 Å². The number of esters is 1. The number of benzene rings is 2. The molecular weight excluding hydrogens is 484 g/mol. The molecule has 0 aromatic heterocycles. The summed E-state index contributed by atoms with van der Waals surface area (Å²) in [5, 5.41) is 5.30. The van der Waals surface area contributed by atoms with Crippen LogP contribution in [0.15, 0.2) is 61.2 Å².